The Morgan fingerprint density at radius 1 is 1.53 bits per heavy atom. The molecule has 2 nitrogen and oxygen atoms in total. The van der Waals surface area contributed by atoms with Gasteiger partial charge in [0.25, 0.3) is 5.91 Å². The summed E-state index contributed by atoms with van der Waals surface area (Å²) in [5, 5.41) is 2.70. The normalized spacial score (nSPS) is 12.2. The van der Waals surface area contributed by atoms with Gasteiger partial charge in [0.1, 0.15) is 5.82 Å². The molecule has 0 spiro atoms. The zero-order valence-electron chi connectivity index (χ0n) is 9.47. The first-order valence-corrected chi connectivity index (χ1v) is 6.25. The number of carbonyl (C=O) groups is 1. The second kappa shape index (κ2) is 6.82. The summed E-state index contributed by atoms with van der Waals surface area (Å²) in [6, 6.07) is 3.90. The van der Waals surface area contributed by atoms with Crippen molar-refractivity contribution in [2.45, 2.75) is 13.3 Å². The van der Waals surface area contributed by atoms with E-state index < -0.39 is 5.82 Å². The molecule has 1 aromatic rings. The summed E-state index contributed by atoms with van der Waals surface area (Å²) in [5.74, 6) is 0.0961. The Morgan fingerprint density at radius 2 is 2.24 bits per heavy atom. The van der Waals surface area contributed by atoms with Crippen molar-refractivity contribution in [3.63, 3.8) is 0 Å². The second-order valence-corrected chi connectivity index (χ2v) is 4.71. The van der Waals surface area contributed by atoms with Gasteiger partial charge in [-0.15, -0.1) is 11.6 Å². The Labute approximate surface area is 110 Å². The Bertz CT molecular complexity index is 398. The molecule has 0 aliphatic carbocycles. The van der Waals surface area contributed by atoms with E-state index in [1.165, 1.54) is 18.2 Å². The van der Waals surface area contributed by atoms with Crippen molar-refractivity contribution in [3.05, 3.63) is 34.6 Å². The van der Waals surface area contributed by atoms with Gasteiger partial charge in [-0.1, -0.05) is 18.5 Å². The van der Waals surface area contributed by atoms with E-state index in [-0.39, 0.29) is 10.9 Å². The number of rotatable bonds is 5. The lowest BCUT2D eigenvalue weighted by molar-refractivity contribution is 0.0948. The van der Waals surface area contributed by atoms with Crippen LogP contribution >= 0.6 is 23.2 Å². The average molecular weight is 278 g/mol. The van der Waals surface area contributed by atoms with E-state index in [1.807, 2.05) is 6.92 Å². The smallest absolute Gasteiger partial charge is 0.251 e. The molecule has 0 bridgehead atoms. The highest BCUT2D eigenvalue weighted by Crippen LogP contribution is 2.16. The molecule has 0 radical (unpaired) electrons. The number of halogens is 3. The number of amides is 1. The molecule has 5 heteroatoms. The third-order valence-corrected chi connectivity index (χ3v) is 2.90. The fourth-order valence-electron chi connectivity index (χ4n) is 1.29. The lowest BCUT2D eigenvalue weighted by atomic mass is 10.1. The maximum absolute atomic E-state index is 12.9. The summed E-state index contributed by atoms with van der Waals surface area (Å²) in [6.45, 7) is 2.54. The predicted molar refractivity (Wildman–Crippen MR) is 68.2 cm³/mol. The van der Waals surface area contributed by atoms with Crippen LogP contribution in [0.5, 0.6) is 0 Å². The highest BCUT2D eigenvalue weighted by molar-refractivity contribution is 6.31. The maximum atomic E-state index is 12.9. The monoisotopic (exact) mass is 277 g/mol. The van der Waals surface area contributed by atoms with Crippen LogP contribution in [0.2, 0.25) is 5.02 Å². The molecule has 1 unspecified atom stereocenters. The van der Waals surface area contributed by atoms with Gasteiger partial charge in [0.05, 0.1) is 5.02 Å². The SMILES string of the molecule is CC(CCCl)CNC(=O)c1ccc(F)c(Cl)c1. The standard InChI is InChI=1S/C12H14Cl2FNO/c1-8(4-5-13)7-16-12(17)9-2-3-11(15)10(14)6-9/h2-3,6,8H,4-5,7H2,1H3,(H,16,17). The molecule has 0 aliphatic rings. The molecule has 1 aromatic carbocycles. The minimum absolute atomic E-state index is 0.0496. The fraction of sp³-hybridized carbons (Fsp3) is 0.417. The second-order valence-electron chi connectivity index (χ2n) is 3.92. The van der Waals surface area contributed by atoms with Crippen LogP contribution < -0.4 is 5.32 Å². The first kappa shape index (κ1) is 14.3. The lowest BCUT2D eigenvalue weighted by Gasteiger charge is -2.11. The third kappa shape index (κ3) is 4.52. The predicted octanol–water partition coefficient (Wildman–Crippen LogP) is 3.47. The number of nitrogens with one attached hydrogen (secondary N) is 1. The first-order chi connectivity index (χ1) is 8.04. The molecule has 0 aromatic heterocycles. The van der Waals surface area contributed by atoms with Crippen LogP contribution in [0.1, 0.15) is 23.7 Å². The van der Waals surface area contributed by atoms with Gasteiger partial charge in [-0.3, -0.25) is 4.79 Å². The molecule has 0 fully saturated rings. The number of alkyl halides is 1. The van der Waals surface area contributed by atoms with Crippen molar-refractivity contribution in [2.75, 3.05) is 12.4 Å². The minimum Gasteiger partial charge on any atom is -0.352 e. The molecular formula is C12H14Cl2FNO. The van der Waals surface area contributed by atoms with Crippen LogP contribution in [0.15, 0.2) is 18.2 Å². The van der Waals surface area contributed by atoms with E-state index in [2.05, 4.69) is 5.32 Å². The molecular weight excluding hydrogens is 264 g/mol. The topological polar surface area (TPSA) is 29.1 Å². The molecule has 94 valence electrons. The summed E-state index contributed by atoms with van der Waals surface area (Å²) in [7, 11) is 0. The van der Waals surface area contributed by atoms with Gasteiger partial charge < -0.3 is 5.32 Å². The van der Waals surface area contributed by atoms with Gasteiger partial charge in [0.15, 0.2) is 0 Å². The van der Waals surface area contributed by atoms with Gasteiger partial charge in [-0.2, -0.15) is 0 Å². The molecule has 0 saturated carbocycles. The van der Waals surface area contributed by atoms with Crippen LogP contribution in [0, 0.1) is 11.7 Å². The summed E-state index contributed by atoms with van der Waals surface area (Å²) in [4.78, 5) is 11.7. The van der Waals surface area contributed by atoms with E-state index in [0.717, 1.165) is 6.42 Å². The van der Waals surface area contributed by atoms with Crippen molar-refractivity contribution in [2.24, 2.45) is 5.92 Å². The van der Waals surface area contributed by atoms with Crippen LogP contribution in [0.25, 0.3) is 0 Å². The number of benzene rings is 1. The zero-order valence-corrected chi connectivity index (χ0v) is 11.0. The summed E-state index contributed by atoms with van der Waals surface area (Å²) >= 11 is 11.2. The van der Waals surface area contributed by atoms with Gasteiger partial charge in [-0.05, 0) is 30.5 Å². The first-order valence-electron chi connectivity index (χ1n) is 5.33. The summed E-state index contributed by atoms with van der Waals surface area (Å²) in [5.41, 5.74) is 0.356. The fourth-order valence-corrected chi connectivity index (χ4v) is 1.85. The van der Waals surface area contributed by atoms with E-state index in [0.29, 0.717) is 23.9 Å². The van der Waals surface area contributed by atoms with Crippen LogP contribution in [0.3, 0.4) is 0 Å². The van der Waals surface area contributed by atoms with Gasteiger partial charge in [0.2, 0.25) is 0 Å². The van der Waals surface area contributed by atoms with E-state index in [1.54, 1.807) is 0 Å². The Balaban J connectivity index is 2.55. The Hall–Kier alpha value is -0.800. The van der Waals surface area contributed by atoms with Crippen LogP contribution in [-0.4, -0.2) is 18.3 Å². The molecule has 0 aliphatic heterocycles. The van der Waals surface area contributed by atoms with E-state index in [9.17, 15) is 9.18 Å². The number of hydrogen-bond donors (Lipinski definition) is 1. The van der Waals surface area contributed by atoms with Crippen LogP contribution in [-0.2, 0) is 0 Å². The van der Waals surface area contributed by atoms with E-state index >= 15 is 0 Å². The van der Waals surface area contributed by atoms with Crippen molar-refractivity contribution < 1.29 is 9.18 Å². The number of carbonyl (C=O) groups excluding carboxylic acids is 1. The quantitative estimate of drug-likeness (QED) is 0.821. The van der Waals surface area contributed by atoms with Crippen molar-refractivity contribution >= 4 is 29.1 Å². The van der Waals surface area contributed by atoms with Gasteiger partial charge >= 0.3 is 0 Å². The molecule has 1 amide bonds. The Kier molecular flexibility index (Phi) is 5.72. The summed E-state index contributed by atoms with van der Waals surface area (Å²) < 4.78 is 12.9. The summed E-state index contributed by atoms with van der Waals surface area (Å²) in [6.07, 6.45) is 0.839. The molecule has 1 N–H and O–H groups in total. The molecule has 1 rings (SSSR count). The highest BCUT2D eigenvalue weighted by atomic mass is 35.5. The zero-order chi connectivity index (χ0) is 12.8. The van der Waals surface area contributed by atoms with Gasteiger partial charge in [0, 0.05) is 18.0 Å². The van der Waals surface area contributed by atoms with Crippen molar-refractivity contribution in [1.82, 2.24) is 5.32 Å². The lowest BCUT2D eigenvalue weighted by Crippen LogP contribution is -2.28. The molecule has 0 heterocycles. The van der Waals surface area contributed by atoms with Crippen molar-refractivity contribution in [3.8, 4) is 0 Å². The molecule has 0 saturated heterocycles. The number of hydrogen-bond acceptors (Lipinski definition) is 1. The molecule has 1 atom stereocenters. The average Bonchev–Trinajstić information content (AvgIpc) is 2.30. The largest absolute Gasteiger partial charge is 0.352 e. The minimum atomic E-state index is -0.529. The van der Waals surface area contributed by atoms with Gasteiger partial charge in [-0.25, -0.2) is 4.39 Å². The molecule has 17 heavy (non-hydrogen) atoms. The third-order valence-electron chi connectivity index (χ3n) is 2.39. The van der Waals surface area contributed by atoms with Crippen molar-refractivity contribution in [1.29, 1.82) is 0 Å². The maximum Gasteiger partial charge on any atom is 0.251 e. The highest BCUT2D eigenvalue weighted by Gasteiger charge is 2.09. The Morgan fingerprint density at radius 3 is 2.82 bits per heavy atom. The van der Waals surface area contributed by atoms with Crippen LogP contribution in [0.4, 0.5) is 4.39 Å². The van der Waals surface area contributed by atoms with E-state index in [4.69, 9.17) is 23.2 Å².